The number of hydrogen-bond donors (Lipinski definition) is 1. The van der Waals surface area contributed by atoms with Gasteiger partial charge in [0.15, 0.2) is 0 Å². The third kappa shape index (κ3) is 3.42. The predicted molar refractivity (Wildman–Crippen MR) is 111 cm³/mol. The smallest absolute Gasteiger partial charge is 0.230 e. The van der Waals surface area contributed by atoms with Crippen LogP contribution in [0.4, 0.5) is 0 Å². The molecule has 1 aliphatic rings. The molecule has 0 spiro atoms. The summed E-state index contributed by atoms with van der Waals surface area (Å²) in [6, 6.07) is 16.5. The molecule has 1 aromatic heterocycles. The SMILES string of the molecule is C[C@H](NC(=O)[C@]1(C)CCCc2ccccc21)c1ccc(-c2cncnc2)cc1. The average molecular weight is 371 g/mol. The predicted octanol–water partition coefficient (Wildman–Crippen LogP) is 4.62. The van der Waals surface area contributed by atoms with Gasteiger partial charge in [-0.3, -0.25) is 4.79 Å². The van der Waals surface area contributed by atoms with Crippen LogP contribution in [0.1, 0.15) is 49.4 Å². The van der Waals surface area contributed by atoms with Crippen molar-refractivity contribution < 1.29 is 4.79 Å². The minimum atomic E-state index is -0.468. The van der Waals surface area contributed by atoms with Gasteiger partial charge in [0.25, 0.3) is 0 Å². The highest BCUT2D eigenvalue weighted by Gasteiger charge is 2.39. The summed E-state index contributed by atoms with van der Waals surface area (Å²) in [6.07, 6.45) is 8.11. The topological polar surface area (TPSA) is 54.9 Å². The number of benzene rings is 2. The lowest BCUT2D eigenvalue weighted by molar-refractivity contribution is -0.127. The van der Waals surface area contributed by atoms with E-state index in [9.17, 15) is 4.79 Å². The fourth-order valence-corrected chi connectivity index (χ4v) is 4.13. The summed E-state index contributed by atoms with van der Waals surface area (Å²) >= 11 is 0. The van der Waals surface area contributed by atoms with Gasteiger partial charge >= 0.3 is 0 Å². The number of fused-ring (bicyclic) bond motifs is 1. The molecule has 4 nitrogen and oxygen atoms in total. The molecule has 28 heavy (non-hydrogen) atoms. The van der Waals surface area contributed by atoms with Crippen LogP contribution < -0.4 is 5.32 Å². The molecule has 2 atom stereocenters. The molecule has 1 aliphatic carbocycles. The molecule has 0 fully saturated rings. The normalized spacial score (nSPS) is 19.5. The molecule has 0 unspecified atom stereocenters. The zero-order valence-corrected chi connectivity index (χ0v) is 16.4. The van der Waals surface area contributed by atoms with E-state index in [4.69, 9.17) is 0 Å². The van der Waals surface area contributed by atoms with Crippen LogP contribution in [-0.2, 0) is 16.6 Å². The molecule has 4 rings (SSSR count). The fraction of sp³-hybridized carbons (Fsp3) is 0.292. The van der Waals surface area contributed by atoms with E-state index in [2.05, 4.69) is 52.5 Å². The van der Waals surface area contributed by atoms with E-state index in [0.717, 1.165) is 36.0 Å². The Bertz CT molecular complexity index is 969. The first-order valence-corrected chi connectivity index (χ1v) is 9.82. The molecule has 0 saturated carbocycles. The number of amides is 1. The van der Waals surface area contributed by atoms with Crippen molar-refractivity contribution >= 4 is 5.91 Å². The second-order valence-electron chi connectivity index (χ2n) is 7.79. The molecular formula is C24H25N3O. The Balaban J connectivity index is 1.51. The first kappa shape index (κ1) is 18.4. The van der Waals surface area contributed by atoms with Crippen LogP contribution in [0.2, 0.25) is 0 Å². The van der Waals surface area contributed by atoms with Gasteiger partial charge in [-0.15, -0.1) is 0 Å². The Labute approximate surface area is 166 Å². The Hall–Kier alpha value is -3.01. The second-order valence-corrected chi connectivity index (χ2v) is 7.79. The van der Waals surface area contributed by atoms with Crippen LogP contribution in [0, 0.1) is 0 Å². The lowest BCUT2D eigenvalue weighted by Gasteiger charge is -2.35. The minimum Gasteiger partial charge on any atom is -0.349 e. The summed E-state index contributed by atoms with van der Waals surface area (Å²) in [4.78, 5) is 21.4. The summed E-state index contributed by atoms with van der Waals surface area (Å²) in [5.41, 5.74) is 5.14. The number of nitrogens with zero attached hydrogens (tertiary/aromatic N) is 2. The van der Waals surface area contributed by atoms with Crippen LogP contribution in [0.15, 0.2) is 67.3 Å². The van der Waals surface area contributed by atoms with Crippen molar-refractivity contribution in [2.75, 3.05) is 0 Å². The van der Waals surface area contributed by atoms with Crippen LogP contribution in [0.25, 0.3) is 11.1 Å². The van der Waals surface area contributed by atoms with Crippen LogP contribution in [-0.4, -0.2) is 15.9 Å². The monoisotopic (exact) mass is 371 g/mol. The van der Waals surface area contributed by atoms with Crippen molar-refractivity contribution in [3.8, 4) is 11.1 Å². The zero-order chi connectivity index (χ0) is 19.6. The van der Waals surface area contributed by atoms with E-state index in [1.807, 2.05) is 25.1 Å². The van der Waals surface area contributed by atoms with Crippen molar-refractivity contribution in [3.05, 3.63) is 83.9 Å². The van der Waals surface area contributed by atoms with Crippen molar-refractivity contribution in [1.29, 1.82) is 0 Å². The van der Waals surface area contributed by atoms with Gasteiger partial charge in [0.2, 0.25) is 5.91 Å². The van der Waals surface area contributed by atoms with Gasteiger partial charge in [-0.25, -0.2) is 9.97 Å². The highest BCUT2D eigenvalue weighted by molar-refractivity contribution is 5.88. The molecule has 1 N–H and O–H groups in total. The van der Waals surface area contributed by atoms with Gasteiger partial charge in [0.05, 0.1) is 11.5 Å². The number of hydrogen-bond acceptors (Lipinski definition) is 3. The lowest BCUT2D eigenvalue weighted by atomic mass is 9.70. The molecule has 4 heteroatoms. The molecule has 2 aromatic carbocycles. The van der Waals surface area contributed by atoms with E-state index in [1.54, 1.807) is 12.4 Å². The quantitative estimate of drug-likeness (QED) is 0.728. The van der Waals surface area contributed by atoms with E-state index in [-0.39, 0.29) is 11.9 Å². The van der Waals surface area contributed by atoms with Gasteiger partial charge in [-0.1, -0.05) is 48.5 Å². The number of carbonyl (C=O) groups is 1. The number of carbonyl (C=O) groups excluding carboxylic acids is 1. The molecule has 1 heterocycles. The third-order valence-corrected chi connectivity index (χ3v) is 5.89. The maximum absolute atomic E-state index is 13.2. The summed E-state index contributed by atoms with van der Waals surface area (Å²) in [5.74, 6) is 0.104. The Morgan fingerprint density at radius 3 is 2.50 bits per heavy atom. The van der Waals surface area contributed by atoms with E-state index in [1.165, 1.54) is 17.5 Å². The van der Waals surface area contributed by atoms with Crippen molar-refractivity contribution in [3.63, 3.8) is 0 Å². The summed E-state index contributed by atoms with van der Waals surface area (Å²) in [7, 11) is 0. The van der Waals surface area contributed by atoms with Crippen LogP contribution in [0.5, 0.6) is 0 Å². The number of rotatable bonds is 4. The fourth-order valence-electron chi connectivity index (χ4n) is 4.13. The maximum atomic E-state index is 13.2. The number of aromatic nitrogens is 2. The Morgan fingerprint density at radius 2 is 1.75 bits per heavy atom. The highest BCUT2D eigenvalue weighted by atomic mass is 16.2. The molecule has 0 saturated heterocycles. The van der Waals surface area contributed by atoms with Crippen molar-refractivity contribution in [2.45, 2.75) is 44.6 Å². The summed E-state index contributed by atoms with van der Waals surface area (Å²) in [6.45, 7) is 4.11. The van der Waals surface area contributed by atoms with Crippen LogP contribution in [0.3, 0.4) is 0 Å². The number of aryl methyl sites for hydroxylation is 1. The third-order valence-electron chi connectivity index (χ3n) is 5.89. The molecule has 0 radical (unpaired) electrons. The van der Waals surface area contributed by atoms with Crippen molar-refractivity contribution in [1.82, 2.24) is 15.3 Å². The maximum Gasteiger partial charge on any atom is 0.230 e. The van der Waals surface area contributed by atoms with Gasteiger partial charge in [0.1, 0.15) is 6.33 Å². The van der Waals surface area contributed by atoms with Gasteiger partial charge in [-0.2, -0.15) is 0 Å². The Kier molecular flexibility index (Phi) is 4.95. The van der Waals surface area contributed by atoms with Crippen molar-refractivity contribution in [2.24, 2.45) is 0 Å². The largest absolute Gasteiger partial charge is 0.349 e. The number of nitrogens with one attached hydrogen (secondary N) is 1. The van der Waals surface area contributed by atoms with E-state index >= 15 is 0 Å². The lowest BCUT2D eigenvalue weighted by Crippen LogP contribution is -2.45. The summed E-state index contributed by atoms with van der Waals surface area (Å²) in [5, 5.41) is 3.24. The second kappa shape index (κ2) is 7.55. The van der Waals surface area contributed by atoms with E-state index in [0.29, 0.717) is 0 Å². The minimum absolute atomic E-state index is 0.0560. The molecule has 3 aromatic rings. The molecular weight excluding hydrogens is 346 g/mol. The van der Waals surface area contributed by atoms with Gasteiger partial charge in [-0.05, 0) is 55.4 Å². The molecule has 142 valence electrons. The Morgan fingerprint density at radius 1 is 1.04 bits per heavy atom. The molecule has 0 bridgehead atoms. The average Bonchev–Trinajstić information content (AvgIpc) is 2.75. The first-order chi connectivity index (χ1) is 13.6. The molecule has 1 amide bonds. The molecule has 0 aliphatic heterocycles. The standard InChI is InChI=1S/C24H25N3O/c1-17(18-9-11-19(12-10-18)21-14-25-16-26-15-21)27-23(28)24(2)13-5-7-20-6-3-4-8-22(20)24/h3-4,6,8-12,14-17H,5,7,13H2,1-2H3,(H,27,28)/t17-,24+/m0/s1. The van der Waals surface area contributed by atoms with Gasteiger partial charge in [0, 0.05) is 18.0 Å². The van der Waals surface area contributed by atoms with Gasteiger partial charge < -0.3 is 5.32 Å². The zero-order valence-electron chi connectivity index (χ0n) is 16.4. The first-order valence-electron chi connectivity index (χ1n) is 9.82. The van der Waals surface area contributed by atoms with Crippen LogP contribution >= 0.6 is 0 Å². The van der Waals surface area contributed by atoms with E-state index < -0.39 is 5.41 Å². The summed E-state index contributed by atoms with van der Waals surface area (Å²) < 4.78 is 0. The highest BCUT2D eigenvalue weighted by Crippen LogP contribution is 2.37.